The molecular weight excluding hydrogens is 1640 g/mol. The van der Waals surface area contributed by atoms with Gasteiger partial charge in [-0.15, -0.1) is 12.4 Å². The van der Waals surface area contributed by atoms with Crippen LogP contribution in [0.5, 0.6) is 0 Å². The predicted molar refractivity (Wildman–Crippen MR) is 481 cm³/mol. The minimum absolute atomic E-state index is 0. The number of anilines is 6. The molecule has 11 N–H and O–H groups in total. The number of nitrogens with two attached hydrogens (primary N) is 1. The summed E-state index contributed by atoms with van der Waals surface area (Å²) in [6.07, 6.45) is 16.8. The molecule has 0 unspecified atom stereocenters. The third-order valence-corrected chi connectivity index (χ3v) is 22.5. The molecule has 0 saturated heterocycles. The molecule has 0 bridgehead atoms. The lowest BCUT2D eigenvalue weighted by Crippen LogP contribution is -2.41. The fraction of sp³-hybridized carbons (Fsp3) is 0.453. The highest BCUT2D eigenvalue weighted by molar-refractivity contribution is 6.06. The zero-order valence-corrected chi connectivity index (χ0v) is 74.4. The Kier molecular flexibility index (Phi) is 31.9. The highest BCUT2D eigenvalue weighted by Gasteiger charge is 2.43. The van der Waals surface area contributed by atoms with Gasteiger partial charge in [0.2, 0.25) is 17.7 Å². The first-order valence-corrected chi connectivity index (χ1v) is 40.3. The van der Waals surface area contributed by atoms with E-state index in [-0.39, 0.29) is 68.9 Å². The maximum absolute atomic E-state index is 13.4. The summed E-state index contributed by atoms with van der Waals surface area (Å²) in [5.41, 5.74) is 11.2. The van der Waals surface area contributed by atoms with Crippen LogP contribution in [-0.2, 0) is 0 Å². The number of rotatable bonds is 17. The van der Waals surface area contributed by atoms with Gasteiger partial charge in [-0.3, -0.25) is 59.4 Å². The lowest BCUT2D eigenvalue weighted by atomic mass is 9.68. The fourth-order valence-electron chi connectivity index (χ4n) is 14.6. The number of halogens is 4. The van der Waals surface area contributed by atoms with Crippen molar-refractivity contribution in [1.82, 2.24) is 65.0 Å². The quantitative estimate of drug-likeness (QED) is 0.0175. The van der Waals surface area contributed by atoms with Gasteiger partial charge in [0.25, 0.3) is 17.3 Å². The molecule has 35 nitrogen and oxygen atoms in total. The summed E-state index contributed by atoms with van der Waals surface area (Å²) >= 11 is 0. The Morgan fingerprint density at radius 3 is 1.18 bits per heavy atom. The molecule has 4 saturated carbocycles. The van der Waals surface area contributed by atoms with Gasteiger partial charge in [-0.25, -0.2) is 14.8 Å². The number of nitrogens with one attached hydrogen (secondary N) is 4. The second kappa shape index (κ2) is 40.6. The first-order chi connectivity index (χ1) is 57.9. The number of carboxylic acid groups (broad SMARTS) is 1. The summed E-state index contributed by atoms with van der Waals surface area (Å²) in [5, 5.41) is 117. The molecule has 12 aromatic rings. The van der Waals surface area contributed by atoms with E-state index in [4.69, 9.17) is 15.9 Å². The molecule has 0 radical (unpaired) electrons. The number of aliphatic hydroxyl groups is 4. The molecule has 0 atom stereocenters. The van der Waals surface area contributed by atoms with Crippen LogP contribution < -0.4 is 36.0 Å². The number of carbonyl (C=O) groups excluding carboxylic acids is 1. The average molecular weight is 1760 g/mol. The van der Waals surface area contributed by atoms with Gasteiger partial charge >= 0.3 is 11.7 Å². The highest BCUT2D eigenvalue weighted by atomic mass is 35.5. The number of aromatic amines is 2. The number of aromatic nitrogens is 12. The Labute approximate surface area is 727 Å². The first kappa shape index (κ1) is 98.2. The minimum Gasteiger partial charge on any atom is -0.477 e. The number of amides is 1. The number of benzene rings is 5. The van der Waals surface area contributed by atoms with Gasteiger partial charge in [0.05, 0.1) is 118 Å². The van der Waals surface area contributed by atoms with Crippen LogP contribution in [-0.4, -0.2) is 205 Å². The van der Waals surface area contributed by atoms with Crippen LogP contribution >= 0.6 is 12.4 Å². The van der Waals surface area contributed by atoms with Gasteiger partial charge in [0, 0.05) is 126 Å². The average Bonchev–Trinajstić information content (AvgIpc) is 1.63. The molecule has 0 aliphatic heterocycles. The number of fused-ring (bicyclic) bond motifs is 5. The van der Waals surface area contributed by atoms with E-state index in [2.05, 4.69) is 64.3 Å². The van der Waals surface area contributed by atoms with E-state index in [0.717, 1.165) is 123 Å². The van der Waals surface area contributed by atoms with Crippen LogP contribution in [0.4, 0.5) is 64.4 Å². The minimum atomic E-state index is -1.22. The van der Waals surface area contributed by atoms with Gasteiger partial charge in [-0.1, -0.05) is 19.1 Å². The molecule has 7 heterocycles. The summed E-state index contributed by atoms with van der Waals surface area (Å²) in [5.74, 6) is -1.73. The monoisotopic (exact) mass is 1750 g/mol. The molecule has 674 valence electrons. The maximum atomic E-state index is 13.4. The number of carbonyl (C=O) groups is 2. The molecule has 4 fully saturated rings. The molecule has 16 rings (SSSR count). The number of carboxylic acids is 1. The Balaban J connectivity index is 0.000000186. The third kappa shape index (κ3) is 25.1. The van der Waals surface area contributed by atoms with Crippen molar-refractivity contribution in [3.8, 4) is 0 Å². The van der Waals surface area contributed by atoms with Crippen molar-refractivity contribution in [3.63, 3.8) is 0 Å². The summed E-state index contributed by atoms with van der Waals surface area (Å²) in [7, 11) is 18.6. The van der Waals surface area contributed by atoms with Gasteiger partial charge in [-0.2, -0.15) is 38.7 Å². The lowest BCUT2D eigenvalue weighted by Gasteiger charge is -2.42. The van der Waals surface area contributed by atoms with Crippen molar-refractivity contribution in [2.75, 3.05) is 101 Å². The van der Waals surface area contributed by atoms with Crippen LogP contribution in [0.15, 0.2) is 128 Å². The van der Waals surface area contributed by atoms with E-state index in [1.807, 2.05) is 158 Å². The van der Waals surface area contributed by atoms with E-state index in [9.17, 15) is 73.5 Å². The summed E-state index contributed by atoms with van der Waals surface area (Å²) in [4.78, 5) is 67.7. The molecule has 0 spiro atoms. The Hall–Kier alpha value is -12.2. The van der Waals surface area contributed by atoms with E-state index in [0.29, 0.717) is 45.8 Å². The first-order valence-electron chi connectivity index (χ1n) is 40.3. The predicted octanol–water partition coefficient (Wildman–Crippen LogP) is 14.9. The molecule has 1 amide bonds. The highest BCUT2D eigenvalue weighted by Crippen LogP contribution is 2.48. The van der Waals surface area contributed by atoms with E-state index in [1.54, 1.807) is 62.4 Å². The van der Waals surface area contributed by atoms with Gasteiger partial charge < -0.3 is 61.5 Å². The van der Waals surface area contributed by atoms with Crippen molar-refractivity contribution in [1.29, 1.82) is 0 Å². The van der Waals surface area contributed by atoms with Gasteiger partial charge in [0.15, 0.2) is 5.69 Å². The zero-order valence-electron chi connectivity index (χ0n) is 73.6. The van der Waals surface area contributed by atoms with E-state index < -0.39 is 62.6 Å². The topological polar surface area (TPSA) is 464 Å². The Morgan fingerprint density at radius 1 is 0.488 bits per heavy atom. The molecule has 4 aliphatic carbocycles. The van der Waals surface area contributed by atoms with Crippen LogP contribution in [0.2, 0.25) is 0 Å². The summed E-state index contributed by atoms with van der Waals surface area (Å²) in [6, 6.07) is 25.2. The fourth-order valence-corrected chi connectivity index (χ4v) is 14.6. The van der Waals surface area contributed by atoms with Gasteiger partial charge in [-0.05, 0) is 211 Å². The molecular formula is C86H114ClF3N22O13. The number of H-pyrrole nitrogens is 2. The Bertz CT molecular complexity index is 5740. The lowest BCUT2D eigenvalue weighted by molar-refractivity contribution is -0.387. The third-order valence-electron chi connectivity index (χ3n) is 22.5. The number of nitro groups is 3. The number of aromatic carboxylic acids is 1. The van der Waals surface area contributed by atoms with Crippen molar-refractivity contribution >= 4 is 130 Å². The molecule has 5 aromatic carbocycles. The molecule has 125 heavy (non-hydrogen) atoms. The second-order valence-electron chi connectivity index (χ2n) is 34.8. The van der Waals surface area contributed by atoms with Crippen LogP contribution in [0.25, 0.3) is 54.5 Å². The van der Waals surface area contributed by atoms with Crippen molar-refractivity contribution in [2.24, 2.45) is 29.6 Å². The van der Waals surface area contributed by atoms with Crippen LogP contribution in [0, 0.1) is 77.6 Å². The van der Waals surface area contributed by atoms with Crippen molar-refractivity contribution in [3.05, 3.63) is 187 Å². The standard InChI is InChI=1S/C22H26FN5O2.C16H22N4O3.C16H24N4O.C9H10N4O2.C8H16O.C7H4FN3O2.C6H4FNO2.C2H7N.ClH/c1-22(2,30)14-9-15(10-14)28-12-13-8-18(19(27(3)4)11-17(13)26-28)25-21(29)16-6-5-7-20(23)24-16;1-16(2,21)11-6-12(7-11)19-9-10-5-15(20(22)23)14(18(3)4)8-13(10)17-19;1-16(2,21)11-6-12(7-11)20-9-10-5-13(17)15(19(3)4)8-14(10)18-20;1-12(2)8-4-7-6(5-10-11-7)3-9(8)13(14)15;1-6-4-7(5-6)8(2,3)9;8-5-2-6-4(3-9-10-6)1-7(5)11(12)13;7-5-3-1-2-4(8-5)6(9)10;1-3-2;/h5-8,11-12,14-15,30H,9-10H2,1-4H3,(H,25,29);5,8-9,11-12,21H,6-7H2,1-4H3;5,8-9,11-12,21H,6-7,17H2,1-4H3;3-5H,1-2H3,(H,10,11);6-7,9H,4-5H2,1-3H3;1-3H,(H,9,10);1-3H,(H,9,10);3H,1-2H3;1H. The number of hydrogen-bond donors (Lipinski definition) is 10. The summed E-state index contributed by atoms with van der Waals surface area (Å²) in [6.45, 7) is 17.2. The molecule has 7 aromatic heterocycles. The number of nitrogen functional groups attached to an aromatic ring is 1. The molecule has 4 aliphatic rings. The number of nitrogens with zero attached hydrogens (tertiary/aromatic N) is 17. The normalized spacial score (nSPS) is 18.0. The SMILES string of the molecule is CC1CC(C(C)(C)O)C1.CN(C)c1cc2[nH]ncc2cc1[N+](=O)[O-].CN(C)c1cc2nn(C3CC(C(C)(C)O)C3)cc2cc1N.CN(C)c1cc2nn(C3CC(C(C)(C)O)C3)cc2cc1NC(=O)c1cccc(F)n1.CN(C)c1cc2nn(C3CC(C(C)(C)O)C3)cc2cc1[N+](=O)[O-].CNC.Cl.O=C(O)c1cccc(F)n1.O=[N+]([O-])c1cc2cn[nH]c2cc1F. The maximum Gasteiger partial charge on any atom is 0.354 e. The largest absolute Gasteiger partial charge is 0.477 e. The molecule has 39 heteroatoms. The number of pyridine rings is 2. The van der Waals surface area contributed by atoms with E-state index in [1.165, 1.54) is 55.4 Å². The summed E-state index contributed by atoms with van der Waals surface area (Å²) < 4.78 is 44.4. The zero-order chi connectivity index (χ0) is 91.7. The number of nitro benzene ring substituents is 3. The van der Waals surface area contributed by atoms with Gasteiger partial charge in [0.1, 0.15) is 17.1 Å². The smallest absolute Gasteiger partial charge is 0.354 e. The van der Waals surface area contributed by atoms with Crippen molar-refractivity contribution < 1.29 is 63.1 Å². The Morgan fingerprint density at radius 2 is 0.824 bits per heavy atom. The van der Waals surface area contributed by atoms with Crippen LogP contribution in [0.3, 0.4) is 0 Å². The van der Waals surface area contributed by atoms with E-state index >= 15 is 0 Å². The second-order valence-corrected chi connectivity index (χ2v) is 34.8. The van der Waals surface area contributed by atoms with Crippen molar-refractivity contribution in [2.45, 2.75) is 154 Å². The number of hydrogen-bond acceptors (Lipinski definition) is 25. The van der Waals surface area contributed by atoms with Crippen LogP contribution in [0.1, 0.15) is 153 Å².